The molecule has 0 spiro atoms. The summed E-state index contributed by atoms with van der Waals surface area (Å²) < 4.78 is 0. The lowest BCUT2D eigenvalue weighted by molar-refractivity contribution is -0.121. The first kappa shape index (κ1) is 15.3. The minimum atomic E-state index is -0.132. The number of carbonyl (C=O) groups excluding carboxylic acids is 1. The Morgan fingerprint density at radius 3 is 2.65 bits per heavy atom. The summed E-state index contributed by atoms with van der Waals surface area (Å²) in [7, 11) is 0. The van der Waals surface area contributed by atoms with E-state index < -0.39 is 0 Å². The molecule has 0 fully saturated rings. The first-order valence-corrected chi connectivity index (χ1v) is 7.91. The van der Waals surface area contributed by atoms with Crippen LogP contribution in [-0.2, 0) is 11.2 Å². The van der Waals surface area contributed by atoms with Crippen molar-refractivity contribution in [3.05, 3.63) is 65.5 Å². The molecule has 118 valence electrons. The molecule has 2 aromatic carbocycles. The van der Waals surface area contributed by atoms with Crippen LogP contribution in [0.4, 0.5) is 0 Å². The average Bonchev–Trinajstić information content (AvgIpc) is 2.98. The van der Waals surface area contributed by atoms with Crippen molar-refractivity contribution in [1.82, 2.24) is 15.3 Å². The van der Waals surface area contributed by atoms with Gasteiger partial charge in [-0.05, 0) is 38.0 Å². The Bertz CT molecular complexity index is 772. The van der Waals surface area contributed by atoms with Gasteiger partial charge in [0.25, 0.3) is 0 Å². The van der Waals surface area contributed by atoms with E-state index in [1.807, 2.05) is 31.2 Å². The average molecular weight is 307 g/mol. The number of nitrogens with zero attached hydrogens (tertiary/aromatic N) is 1. The lowest BCUT2D eigenvalue weighted by atomic mass is 10.1. The summed E-state index contributed by atoms with van der Waals surface area (Å²) in [4.78, 5) is 19.9. The predicted octanol–water partition coefficient (Wildman–Crippen LogP) is 3.68. The zero-order valence-corrected chi connectivity index (χ0v) is 13.5. The number of imidazole rings is 1. The van der Waals surface area contributed by atoms with Crippen molar-refractivity contribution < 1.29 is 4.79 Å². The summed E-state index contributed by atoms with van der Waals surface area (Å²) >= 11 is 0. The first-order valence-electron chi connectivity index (χ1n) is 7.91. The van der Waals surface area contributed by atoms with Gasteiger partial charge in [-0.15, -0.1) is 0 Å². The summed E-state index contributed by atoms with van der Waals surface area (Å²) in [6.07, 6.45) is 1.23. The van der Waals surface area contributed by atoms with Gasteiger partial charge in [-0.1, -0.05) is 42.0 Å². The Hall–Kier alpha value is -2.62. The molecule has 0 saturated carbocycles. The largest absolute Gasteiger partial charge is 0.346 e. The fourth-order valence-corrected chi connectivity index (χ4v) is 2.57. The molecule has 0 saturated heterocycles. The molecule has 0 bridgehead atoms. The van der Waals surface area contributed by atoms with Crippen LogP contribution in [0.1, 0.15) is 36.3 Å². The maximum Gasteiger partial charge on any atom is 0.220 e. The Labute approximate surface area is 136 Å². The van der Waals surface area contributed by atoms with Crippen LogP contribution in [0.25, 0.3) is 11.0 Å². The number of rotatable bonds is 5. The molecule has 2 N–H and O–H groups in total. The molecule has 23 heavy (non-hydrogen) atoms. The summed E-state index contributed by atoms with van der Waals surface area (Å²) in [5, 5.41) is 3.01. The summed E-state index contributed by atoms with van der Waals surface area (Å²) in [5.41, 5.74) is 4.32. The summed E-state index contributed by atoms with van der Waals surface area (Å²) in [6, 6.07) is 16.0. The molecule has 0 unspecified atom stereocenters. The van der Waals surface area contributed by atoms with Crippen molar-refractivity contribution in [3.8, 4) is 0 Å². The van der Waals surface area contributed by atoms with Gasteiger partial charge in [-0.2, -0.15) is 0 Å². The number of hydrogen-bond donors (Lipinski definition) is 2. The third-order valence-electron chi connectivity index (χ3n) is 3.96. The van der Waals surface area contributed by atoms with Crippen molar-refractivity contribution in [3.63, 3.8) is 0 Å². The van der Waals surface area contributed by atoms with Crippen LogP contribution in [0.5, 0.6) is 0 Å². The van der Waals surface area contributed by atoms with Gasteiger partial charge in [0.2, 0.25) is 5.91 Å². The Balaban J connectivity index is 1.57. The van der Waals surface area contributed by atoms with Gasteiger partial charge in [0.05, 0.1) is 17.1 Å². The van der Waals surface area contributed by atoms with Crippen molar-refractivity contribution in [1.29, 1.82) is 0 Å². The van der Waals surface area contributed by atoms with E-state index in [4.69, 9.17) is 0 Å². The number of aryl methyl sites for hydroxylation is 2. The Morgan fingerprint density at radius 1 is 1.17 bits per heavy atom. The molecule has 0 radical (unpaired) electrons. The highest BCUT2D eigenvalue weighted by atomic mass is 16.1. The molecule has 1 aromatic heterocycles. The van der Waals surface area contributed by atoms with Gasteiger partial charge in [-0.25, -0.2) is 4.98 Å². The number of H-pyrrole nitrogens is 1. The maximum atomic E-state index is 12.1. The number of benzene rings is 2. The topological polar surface area (TPSA) is 57.8 Å². The van der Waals surface area contributed by atoms with Gasteiger partial charge < -0.3 is 10.3 Å². The van der Waals surface area contributed by atoms with Crippen LogP contribution in [0.3, 0.4) is 0 Å². The number of para-hydroxylation sites is 2. The van der Waals surface area contributed by atoms with Crippen molar-refractivity contribution in [2.45, 2.75) is 32.7 Å². The van der Waals surface area contributed by atoms with Gasteiger partial charge >= 0.3 is 0 Å². The smallest absolute Gasteiger partial charge is 0.220 e. The molecule has 0 aliphatic carbocycles. The molecular weight excluding hydrogens is 286 g/mol. The fourth-order valence-electron chi connectivity index (χ4n) is 2.57. The third-order valence-corrected chi connectivity index (χ3v) is 3.96. The van der Waals surface area contributed by atoms with E-state index in [1.165, 1.54) is 11.1 Å². The van der Waals surface area contributed by atoms with Gasteiger partial charge in [0, 0.05) is 6.42 Å². The summed E-state index contributed by atoms with van der Waals surface area (Å²) in [6.45, 7) is 4.01. The van der Waals surface area contributed by atoms with Crippen molar-refractivity contribution in [2.24, 2.45) is 0 Å². The van der Waals surface area contributed by atoms with Crippen LogP contribution in [-0.4, -0.2) is 15.9 Å². The van der Waals surface area contributed by atoms with E-state index in [0.29, 0.717) is 6.42 Å². The minimum Gasteiger partial charge on any atom is -0.346 e. The maximum absolute atomic E-state index is 12.1. The zero-order valence-electron chi connectivity index (χ0n) is 13.5. The van der Waals surface area contributed by atoms with Crippen molar-refractivity contribution >= 4 is 16.9 Å². The number of amides is 1. The molecular formula is C19H21N3O. The van der Waals surface area contributed by atoms with E-state index >= 15 is 0 Å². The van der Waals surface area contributed by atoms with Gasteiger partial charge in [-0.3, -0.25) is 4.79 Å². The van der Waals surface area contributed by atoms with E-state index in [2.05, 4.69) is 46.5 Å². The van der Waals surface area contributed by atoms with Crippen LogP contribution in [0.15, 0.2) is 48.5 Å². The fraction of sp³-hybridized carbons (Fsp3) is 0.263. The van der Waals surface area contributed by atoms with Crippen LogP contribution < -0.4 is 5.32 Å². The highest BCUT2D eigenvalue weighted by Gasteiger charge is 2.13. The van der Waals surface area contributed by atoms with E-state index in [0.717, 1.165) is 23.3 Å². The molecule has 1 heterocycles. The molecule has 3 aromatic rings. The standard InChI is InChI=1S/C19H21N3O/c1-13-7-9-15(10-8-13)11-12-18(23)20-14(2)19-21-16-5-3-4-6-17(16)22-19/h3-10,14H,11-12H2,1-2H3,(H,20,23)(H,21,22)/t14-/m0/s1. The first-order chi connectivity index (χ1) is 11.1. The molecule has 4 heteroatoms. The molecule has 3 rings (SSSR count). The monoisotopic (exact) mass is 307 g/mol. The van der Waals surface area contributed by atoms with E-state index in [-0.39, 0.29) is 11.9 Å². The summed E-state index contributed by atoms with van der Waals surface area (Å²) in [5.74, 6) is 0.827. The second-order valence-corrected chi connectivity index (χ2v) is 5.91. The number of aromatic nitrogens is 2. The molecule has 0 aliphatic heterocycles. The van der Waals surface area contributed by atoms with E-state index in [9.17, 15) is 4.79 Å². The second kappa shape index (κ2) is 6.65. The van der Waals surface area contributed by atoms with E-state index in [1.54, 1.807) is 0 Å². The highest BCUT2D eigenvalue weighted by molar-refractivity contribution is 5.77. The third kappa shape index (κ3) is 3.77. The van der Waals surface area contributed by atoms with Crippen LogP contribution in [0, 0.1) is 6.92 Å². The lowest BCUT2D eigenvalue weighted by Crippen LogP contribution is -2.27. The number of fused-ring (bicyclic) bond motifs is 1. The molecule has 4 nitrogen and oxygen atoms in total. The van der Waals surface area contributed by atoms with Gasteiger partial charge in [0.1, 0.15) is 5.82 Å². The quantitative estimate of drug-likeness (QED) is 0.755. The Morgan fingerprint density at radius 2 is 1.91 bits per heavy atom. The zero-order chi connectivity index (χ0) is 16.2. The van der Waals surface area contributed by atoms with Gasteiger partial charge in [0.15, 0.2) is 0 Å². The van der Waals surface area contributed by atoms with Crippen molar-refractivity contribution in [2.75, 3.05) is 0 Å². The lowest BCUT2D eigenvalue weighted by Gasteiger charge is -2.11. The number of hydrogen-bond acceptors (Lipinski definition) is 2. The van der Waals surface area contributed by atoms with Crippen LogP contribution in [0.2, 0.25) is 0 Å². The highest BCUT2D eigenvalue weighted by Crippen LogP contribution is 2.15. The minimum absolute atomic E-state index is 0.0403. The number of aromatic amines is 1. The van der Waals surface area contributed by atoms with Crippen LogP contribution >= 0.6 is 0 Å². The number of carbonyl (C=O) groups is 1. The molecule has 0 aliphatic rings. The molecule has 1 amide bonds. The Kier molecular flexibility index (Phi) is 4.42. The SMILES string of the molecule is Cc1ccc(CCC(=O)N[C@@H](C)c2nc3ccccc3[nH]2)cc1. The number of nitrogens with one attached hydrogen (secondary N) is 2. The normalized spacial score (nSPS) is 12.3. The predicted molar refractivity (Wildman–Crippen MR) is 92.2 cm³/mol. The second-order valence-electron chi connectivity index (χ2n) is 5.91. The molecule has 1 atom stereocenters.